The average Bonchev–Trinajstić information content (AvgIpc) is 3.24. The van der Waals surface area contributed by atoms with Crippen LogP contribution < -0.4 is 0 Å². The Hall–Kier alpha value is -2.63. The van der Waals surface area contributed by atoms with E-state index in [1.54, 1.807) is 0 Å². The van der Waals surface area contributed by atoms with Gasteiger partial charge >= 0.3 is 0 Å². The fourth-order valence-corrected chi connectivity index (χ4v) is 3.36. The lowest BCUT2D eigenvalue weighted by atomic mass is 10.0. The van der Waals surface area contributed by atoms with Crippen LogP contribution >= 0.6 is 0 Å². The van der Waals surface area contributed by atoms with E-state index in [0.29, 0.717) is 18.2 Å². The van der Waals surface area contributed by atoms with E-state index in [1.165, 1.54) is 0 Å². The molecule has 0 radical (unpaired) electrons. The summed E-state index contributed by atoms with van der Waals surface area (Å²) in [5.74, 6) is 0.341. The van der Waals surface area contributed by atoms with Gasteiger partial charge in [0.25, 0.3) is 5.91 Å². The van der Waals surface area contributed by atoms with E-state index in [-0.39, 0.29) is 5.91 Å². The molecular weight excluding hydrogens is 290 g/mol. The highest BCUT2D eigenvalue weighted by Gasteiger charge is 2.30. The van der Waals surface area contributed by atoms with Gasteiger partial charge in [-0.25, -0.2) is 4.98 Å². The molecule has 118 valence electrons. The van der Waals surface area contributed by atoms with Crippen LogP contribution in [-0.4, -0.2) is 43.5 Å². The number of fused-ring (bicyclic) bond motifs is 1. The van der Waals surface area contributed by atoms with E-state index in [0.717, 1.165) is 35.6 Å². The molecule has 0 unspecified atom stereocenters. The van der Waals surface area contributed by atoms with Crippen LogP contribution in [0, 0.1) is 13.8 Å². The molecule has 3 aromatic rings. The van der Waals surface area contributed by atoms with Crippen molar-refractivity contribution >= 4 is 11.6 Å². The van der Waals surface area contributed by atoms with Gasteiger partial charge in [0.05, 0.1) is 6.20 Å². The van der Waals surface area contributed by atoms with Crippen molar-refractivity contribution in [1.29, 1.82) is 0 Å². The molecule has 0 spiro atoms. The van der Waals surface area contributed by atoms with E-state index < -0.39 is 0 Å². The van der Waals surface area contributed by atoms with Crippen molar-refractivity contribution in [3.63, 3.8) is 0 Å². The number of nitrogens with zero attached hydrogens (tertiary/aromatic N) is 4. The summed E-state index contributed by atoms with van der Waals surface area (Å²) in [7, 11) is 0. The summed E-state index contributed by atoms with van der Waals surface area (Å²) in [6, 6.07) is 5.89. The Morgan fingerprint density at radius 1 is 1.35 bits per heavy atom. The van der Waals surface area contributed by atoms with E-state index in [2.05, 4.69) is 15.2 Å². The molecule has 1 aliphatic heterocycles. The summed E-state index contributed by atoms with van der Waals surface area (Å²) in [5.41, 5.74) is 4.70. The lowest BCUT2D eigenvalue weighted by molar-refractivity contribution is 0.0785. The van der Waals surface area contributed by atoms with Gasteiger partial charge in [-0.1, -0.05) is 6.07 Å². The Balaban J connectivity index is 1.57. The molecule has 1 saturated heterocycles. The number of imidazole rings is 1. The van der Waals surface area contributed by atoms with Gasteiger partial charge < -0.3 is 9.30 Å². The van der Waals surface area contributed by atoms with Crippen LogP contribution in [-0.2, 0) is 0 Å². The third kappa shape index (κ3) is 2.30. The number of hydrogen-bond acceptors (Lipinski definition) is 3. The minimum atomic E-state index is 0.00719. The van der Waals surface area contributed by atoms with Crippen molar-refractivity contribution in [2.24, 2.45) is 0 Å². The third-order valence-corrected chi connectivity index (χ3v) is 4.67. The van der Waals surface area contributed by atoms with Gasteiger partial charge in [-0.3, -0.25) is 9.89 Å². The van der Waals surface area contributed by atoms with Gasteiger partial charge in [0, 0.05) is 36.6 Å². The van der Waals surface area contributed by atoms with Crippen LogP contribution in [0.3, 0.4) is 0 Å². The number of amides is 1. The number of carbonyl (C=O) groups is 1. The number of rotatable bonds is 2. The van der Waals surface area contributed by atoms with E-state index in [4.69, 9.17) is 0 Å². The molecule has 1 N–H and O–H groups in total. The first-order valence-corrected chi connectivity index (χ1v) is 7.87. The smallest absolute Gasteiger partial charge is 0.274 e. The number of aromatic amines is 1. The number of pyridine rings is 1. The second kappa shape index (κ2) is 5.22. The predicted molar refractivity (Wildman–Crippen MR) is 86.5 cm³/mol. The largest absolute Gasteiger partial charge is 0.337 e. The first-order chi connectivity index (χ1) is 11.1. The van der Waals surface area contributed by atoms with Crippen LogP contribution in [0.25, 0.3) is 5.65 Å². The highest BCUT2D eigenvalue weighted by atomic mass is 16.2. The Morgan fingerprint density at radius 3 is 2.96 bits per heavy atom. The number of aryl methyl sites for hydroxylation is 2. The van der Waals surface area contributed by atoms with Gasteiger partial charge in [0.2, 0.25) is 0 Å². The summed E-state index contributed by atoms with van der Waals surface area (Å²) < 4.78 is 1.96. The van der Waals surface area contributed by atoms with Gasteiger partial charge in [0.15, 0.2) is 0 Å². The van der Waals surface area contributed by atoms with Crippen LogP contribution in [0.1, 0.15) is 39.8 Å². The normalized spacial score (nSPS) is 18.0. The number of H-pyrrole nitrogens is 1. The van der Waals surface area contributed by atoms with Gasteiger partial charge in [-0.05, 0) is 38.0 Å². The average molecular weight is 309 g/mol. The lowest BCUT2D eigenvalue weighted by Crippen LogP contribution is -2.28. The third-order valence-electron chi connectivity index (χ3n) is 4.67. The van der Waals surface area contributed by atoms with Crippen molar-refractivity contribution in [3.8, 4) is 0 Å². The Labute approximate surface area is 134 Å². The van der Waals surface area contributed by atoms with Gasteiger partial charge in [0.1, 0.15) is 11.3 Å². The fourth-order valence-electron chi connectivity index (χ4n) is 3.36. The molecule has 0 aliphatic carbocycles. The van der Waals surface area contributed by atoms with Crippen molar-refractivity contribution < 1.29 is 4.79 Å². The SMILES string of the molecule is Cc1cn[nH]c1[C@@H]1CCN(C(=O)c2cn3c(C)cccc3n2)C1. The van der Waals surface area contributed by atoms with Crippen molar-refractivity contribution in [3.05, 3.63) is 53.2 Å². The Morgan fingerprint density at radius 2 is 2.22 bits per heavy atom. The van der Waals surface area contributed by atoms with Crippen LogP contribution in [0.4, 0.5) is 0 Å². The minimum Gasteiger partial charge on any atom is -0.337 e. The molecule has 6 heteroatoms. The number of hydrogen-bond donors (Lipinski definition) is 1. The molecule has 1 fully saturated rings. The Kier molecular flexibility index (Phi) is 3.18. The zero-order chi connectivity index (χ0) is 16.0. The van der Waals surface area contributed by atoms with E-state index >= 15 is 0 Å². The molecule has 1 aliphatic rings. The molecule has 1 amide bonds. The summed E-state index contributed by atoms with van der Waals surface area (Å²) in [6.07, 6.45) is 4.63. The van der Waals surface area contributed by atoms with Crippen molar-refractivity contribution in [1.82, 2.24) is 24.5 Å². The zero-order valence-electron chi connectivity index (χ0n) is 13.3. The molecule has 6 nitrogen and oxygen atoms in total. The number of likely N-dealkylation sites (tertiary alicyclic amines) is 1. The summed E-state index contributed by atoms with van der Waals surface area (Å²) in [5, 5.41) is 7.16. The van der Waals surface area contributed by atoms with Crippen molar-refractivity contribution in [2.75, 3.05) is 13.1 Å². The van der Waals surface area contributed by atoms with Crippen LogP contribution in [0.15, 0.2) is 30.6 Å². The summed E-state index contributed by atoms with van der Waals surface area (Å²) in [4.78, 5) is 19.1. The van der Waals surface area contributed by atoms with E-state index in [9.17, 15) is 4.79 Å². The molecule has 3 aromatic heterocycles. The number of nitrogens with one attached hydrogen (secondary N) is 1. The van der Waals surface area contributed by atoms with Crippen molar-refractivity contribution in [2.45, 2.75) is 26.2 Å². The molecule has 0 saturated carbocycles. The quantitative estimate of drug-likeness (QED) is 0.790. The molecule has 4 rings (SSSR count). The maximum Gasteiger partial charge on any atom is 0.274 e. The molecular formula is C17H19N5O. The highest BCUT2D eigenvalue weighted by Crippen LogP contribution is 2.28. The molecule has 4 heterocycles. The molecule has 1 atom stereocenters. The zero-order valence-corrected chi connectivity index (χ0v) is 13.3. The molecule has 23 heavy (non-hydrogen) atoms. The maximum absolute atomic E-state index is 12.8. The number of carbonyl (C=O) groups excluding carboxylic acids is 1. The van der Waals surface area contributed by atoms with E-state index in [1.807, 2.05) is 53.7 Å². The second-order valence-corrected chi connectivity index (χ2v) is 6.22. The summed E-state index contributed by atoms with van der Waals surface area (Å²) in [6.45, 7) is 5.54. The summed E-state index contributed by atoms with van der Waals surface area (Å²) >= 11 is 0. The first-order valence-electron chi connectivity index (χ1n) is 7.87. The van der Waals surface area contributed by atoms with Gasteiger partial charge in [-0.2, -0.15) is 5.10 Å². The first kappa shape index (κ1) is 14.0. The number of aromatic nitrogens is 4. The lowest BCUT2D eigenvalue weighted by Gasteiger charge is -2.15. The molecule has 0 aromatic carbocycles. The molecule has 0 bridgehead atoms. The fraction of sp³-hybridized carbons (Fsp3) is 0.353. The standard InChI is InChI=1S/C17H19N5O/c1-11-8-18-20-16(11)13-6-7-21(9-13)17(23)14-10-22-12(2)4-3-5-15(22)19-14/h3-5,8,10,13H,6-7,9H2,1-2H3,(H,18,20)/t13-/m1/s1. The Bertz CT molecular complexity index is 878. The van der Waals surface area contributed by atoms with Gasteiger partial charge in [-0.15, -0.1) is 0 Å². The topological polar surface area (TPSA) is 66.3 Å². The monoisotopic (exact) mass is 309 g/mol. The second-order valence-electron chi connectivity index (χ2n) is 6.22. The highest BCUT2D eigenvalue weighted by molar-refractivity contribution is 5.93. The maximum atomic E-state index is 12.8. The van der Waals surface area contributed by atoms with Crippen LogP contribution in [0.5, 0.6) is 0 Å². The predicted octanol–water partition coefficient (Wildman–Crippen LogP) is 2.30. The minimum absolute atomic E-state index is 0.00719. The van der Waals surface area contributed by atoms with Crippen LogP contribution in [0.2, 0.25) is 0 Å².